The molecule has 2 rings (SSSR count). The molecule has 1 aliphatic rings. The van der Waals surface area contributed by atoms with Gasteiger partial charge in [0, 0.05) is 35.9 Å². The molecule has 1 aliphatic heterocycles. The van der Waals surface area contributed by atoms with Crippen LogP contribution in [-0.4, -0.2) is 42.5 Å². The molecular formula is C15H22ClN3O. The topological polar surface area (TPSA) is 44.4 Å². The Kier molecular flexibility index (Phi) is 4.68. The minimum atomic E-state index is -0.00102. The summed E-state index contributed by atoms with van der Waals surface area (Å²) in [5.41, 5.74) is 1.80. The zero-order valence-corrected chi connectivity index (χ0v) is 13.0. The van der Waals surface area contributed by atoms with Gasteiger partial charge < -0.3 is 10.6 Å². The molecule has 1 fully saturated rings. The molecule has 1 aromatic rings. The van der Waals surface area contributed by atoms with E-state index in [9.17, 15) is 4.79 Å². The summed E-state index contributed by atoms with van der Waals surface area (Å²) in [4.78, 5) is 14.4. The molecule has 0 saturated carbocycles. The molecule has 0 radical (unpaired) electrons. The lowest BCUT2D eigenvalue weighted by molar-refractivity contribution is -0.119. The first kappa shape index (κ1) is 15.3. The number of carbonyl (C=O) groups is 1. The van der Waals surface area contributed by atoms with Crippen LogP contribution in [0.2, 0.25) is 5.02 Å². The monoisotopic (exact) mass is 295 g/mol. The Morgan fingerprint density at radius 2 is 2.25 bits per heavy atom. The lowest BCUT2D eigenvalue weighted by Gasteiger charge is -2.42. The average molecular weight is 296 g/mol. The van der Waals surface area contributed by atoms with Crippen molar-refractivity contribution in [3.8, 4) is 0 Å². The first-order chi connectivity index (χ1) is 9.38. The summed E-state index contributed by atoms with van der Waals surface area (Å²) in [6, 6.07) is 5.52. The van der Waals surface area contributed by atoms with E-state index >= 15 is 0 Å². The summed E-state index contributed by atoms with van der Waals surface area (Å²) in [5.74, 6) is 0.00495. The normalized spacial score (nSPS) is 18.8. The minimum absolute atomic E-state index is 0.00102. The predicted octanol–water partition coefficient (Wildman–Crippen LogP) is 2.27. The van der Waals surface area contributed by atoms with Crippen LogP contribution in [0.25, 0.3) is 0 Å². The fraction of sp³-hybridized carbons (Fsp3) is 0.533. The maximum absolute atomic E-state index is 12.2. The molecule has 4 nitrogen and oxygen atoms in total. The Bertz CT molecular complexity index is 502. The summed E-state index contributed by atoms with van der Waals surface area (Å²) < 4.78 is 0. The van der Waals surface area contributed by atoms with Gasteiger partial charge in [0.05, 0.1) is 6.54 Å². The second kappa shape index (κ2) is 6.12. The van der Waals surface area contributed by atoms with Crippen LogP contribution in [0.3, 0.4) is 0 Å². The average Bonchev–Trinajstić information content (AvgIpc) is 2.36. The maximum atomic E-state index is 12.2. The number of rotatable bonds is 3. The number of hydrogen-bond donors (Lipinski definition) is 2. The Balaban J connectivity index is 2.00. The molecule has 0 aliphatic carbocycles. The van der Waals surface area contributed by atoms with E-state index in [4.69, 9.17) is 11.6 Å². The van der Waals surface area contributed by atoms with Crippen LogP contribution in [0, 0.1) is 6.92 Å². The second-order valence-electron chi connectivity index (χ2n) is 5.92. The minimum Gasteiger partial charge on any atom is -0.325 e. The summed E-state index contributed by atoms with van der Waals surface area (Å²) >= 11 is 5.97. The van der Waals surface area contributed by atoms with E-state index in [2.05, 4.69) is 29.4 Å². The molecule has 1 heterocycles. The van der Waals surface area contributed by atoms with E-state index in [0.29, 0.717) is 11.6 Å². The number of carbonyl (C=O) groups excluding carboxylic acids is 1. The van der Waals surface area contributed by atoms with Crippen molar-refractivity contribution in [3.05, 3.63) is 28.8 Å². The largest absolute Gasteiger partial charge is 0.325 e. The van der Waals surface area contributed by atoms with E-state index in [1.54, 1.807) is 6.07 Å². The van der Waals surface area contributed by atoms with Crippen LogP contribution in [0.5, 0.6) is 0 Å². The highest BCUT2D eigenvalue weighted by atomic mass is 35.5. The van der Waals surface area contributed by atoms with Crippen molar-refractivity contribution in [1.82, 2.24) is 10.2 Å². The molecule has 0 bridgehead atoms. The summed E-state index contributed by atoms with van der Waals surface area (Å²) in [5, 5.41) is 6.94. The van der Waals surface area contributed by atoms with Gasteiger partial charge >= 0.3 is 0 Å². The summed E-state index contributed by atoms with van der Waals surface area (Å²) in [7, 11) is 0. The van der Waals surface area contributed by atoms with Gasteiger partial charge in [-0.3, -0.25) is 9.69 Å². The van der Waals surface area contributed by atoms with Crippen molar-refractivity contribution >= 4 is 23.2 Å². The lowest BCUT2D eigenvalue weighted by Crippen LogP contribution is -2.59. The van der Waals surface area contributed by atoms with Gasteiger partial charge in [0.2, 0.25) is 5.91 Å². The van der Waals surface area contributed by atoms with Crippen molar-refractivity contribution in [3.63, 3.8) is 0 Å². The number of piperazine rings is 1. The number of anilines is 1. The Morgan fingerprint density at radius 1 is 1.50 bits per heavy atom. The number of amides is 1. The molecule has 20 heavy (non-hydrogen) atoms. The second-order valence-corrected chi connectivity index (χ2v) is 6.35. The summed E-state index contributed by atoms with van der Waals surface area (Å²) in [6.07, 6.45) is 0. The van der Waals surface area contributed by atoms with Crippen LogP contribution in [0.4, 0.5) is 5.69 Å². The number of nitrogens with zero attached hydrogens (tertiary/aromatic N) is 1. The SMILES string of the molecule is Cc1ccc(Cl)cc1NC(=O)CN1CCNCC1(C)C. The third-order valence-corrected chi connectivity index (χ3v) is 4.02. The van der Waals surface area contributed by atoms with Gasteiger partial charge in [0.1, 0.15) is 0 Å². The molecule has 2 N–H and O–H groups in total. The Hall–Kier alpha value is -1.10. The van der Waals surface area contributed by atoms with E-state index in [1.807, 2.05) is 19.1 Å². The van der Waals surface area contributed by atoms with Crippen LogP contribution < -0.4 is 10.6 Å². The third-order valence-electron chi connectivity index (χ3n) is 3.78. The highest BCUT2D eigenvalue weighted by Crippen LogP contribution is 2.21. The number of nitrogens with one attached hydrogen (secondary N) is 2. The highest BCUT2D eigenvalue weighted by molar-refractivity contribution is 6.31. The molecule has 0 unspecified atom stereocenters. The standard InChI is InChI=1S/C15H22ClN3O/c1-11-4-5-12(16)8-13(11)18-14(20)9-19-7-6-17-10-15(19,2)3/h4-5,8,17H,6-7,9-10H2,1-3H3,(H,18,20). The fourth-order valence-electron chi connectivity index (χ4n) is 2.41. The summed E-state index contributed by atoms with van der Waals surface area (Å²) in [6.45, 7) is 9.37. The number of halogens is 1. The molecule has 1 amide bonds. The van der Waals surface area contributed by atoms with Gasteiger partial charge in [-0.2, -0.15) is 0 Å². The first-order valence-electron chi connectivity index (χ1n) is 6.90. The molecule has 5 heteroatoms. The Morgan fingerprint density at radius 3 is 2.95 bits per heavy atom. The van der Waals surface area contributed by atoms with Crippen LogP contribution in [0.15, 0.2) is 18.2 Å². The quantitative estimate of drug-likeness (QED) is 0.899. The lowest BCUT2D eigenvalue weighted by atomic mass is 10.0. The van der Waals surface area contributed by atoms with Gasteiger partial charge in [0.15, 0.2) is 0 Å². The van der Waals surface area contributed by atoms with Crippen molar-refractivity contribution in [1.29, 1.82) is 0 Å². The molecule has 0 aromatic heterocycles. The van der Waals surface area contributed by atoms with Gasteiger partial charge in [-0.1, -0.05) is 17.7 Å². The van der Waals surface area contributed by atoms with Gasteiger partial charge in [-0.25, -0.2) is 0 Å². The zero-order valence-electron chi connectivity index (χ0n) is 12.3. The van der Waals surface area contributed by atoms with Crippen LogP contribution in [-0.2, 0) is 4.79 Å². The maximum Gasteiger partial charge on any atom is 0.238 e. The predicted molar refractivity (Wildman–Crippen MR) is 83.3 cm³/mol. The van der Waals surface area contributed by atoms with E-state index in [-0.39, 0.29) is 11.4 Å². The third kappa shape index (κ3) is 3.72. The van der Waals surface area contributed by atoms with Crippen LogP contribution in [0.1, 0.15) is 19.4 Å². The Labute approximate surface area is 125 Å². The molecule has 0 atom stereocenters. The van der Waals surface area contributed by atoms with E-state index in [1.165, 1.54) is 0 Å². The van der Waals surface area contributed by atoms with Gasteiger partial charge in [-0.15, -0.1) is 0 Å². The molecular weight excluding hydrogens is 274 g/mol. The molecule has 110 valence electrons. The number of hydrogen-bond acceptors (Lipinski definition) is 3. The van der Waals surface area contributed by atoms with E-state index in [0.717, 1.165) is 30.9 Å². The molecule has 1 aromatic carbocycles. The first-order valence-corrected chi connectivity index (χ1v) is 7.28. The molecule has 0 spiro atoms. The molecule has 1 saturated heterocycles. The zero-order chi connectivity index (χ0) is 14.8. The van der Waals surface area contributed by atoms with Crippen molar-refractivity contribution in [2.45, 2.75) is 26.3 Å². The van der Waals surface area contributed by atoms with Crippen molar-refractivity contribution in [2.75, 3.05) is 31.5 Å². The van der Waals surface area contributed by atoms with Gasteiger partial charge in [0.25, 0.3) is 0 Å². The van der Waals surface area contributed by atoms with Crippen molar-refractivity contribution < 1.29 is 4.79 Å². The van der Waals surface area contributed by atoms with Gasteiger partial charge in [-0.05, 0) is 38.5 Å². The number of aryl methyl sites for hydroxylation is 1. The number of benzene rings is 1. The fourth-order valence-corrected chi connectivity index (χ4v) is 2.58. The highest BCUT2D eigenvalue weighted by Gasteiger charge is 2.30. The van der Waals surface area contributed by atoms with Crippen LogP contribution >= 0.6 is 11.6 Å². The van der Waals surface area contributed by atoms with E-state index < -0.39 is 0 Å². The van der Waals surface area contributed by atoms with Crippen molar-refractivity contribution in [2.24, 2.45) is 0 Å². The smallest absolute Gasteiger partial charge is 0.238 e.